The molecule has 198 valence electrons. The second-order valence-electron chi connectivity index (χ2n) is 8.52. The lowest BCUT2D eigenvalue weighted by atomic mass is 9.95. The highest BCUT2D eigenvalue weighted by Gasteiger charge is 2.35. The lowest BCUT2D eigenvalue weighted by molar-refractivity contribution is -0.384. The van der Waals surface area contributed by atoms with Crippen LogP contribution in [0, 0.1) is 10.1 Å². The molecule has 0 saturated heterocycles. The van der Waals surface area contributed by atoms with E-state index in [1.165, 1.54) is 17.7 Å². The van der Waals surface area contributed by atoms with Crippen molar-refractivity contribution in [3.05, 3.63) is 113 Å². The molecule has 1 aliphatic rings. The Morgan fingerprint density at radius 2 is 1.92 bits per heavy atom. The van der Waals surface area contributed by atoms with Crippen LogP contribution in [0.1, 0.15) is 31.2 Å². The molecule has 1 atom stereocenters. The average Bonchev–Trinajstić information content (AvgIpc) is 3.52. The third kappa shape index (κ3) is 4.68. The quantitative estimate of drug-likeness (QED) is 0.195. The SMILES string of the molecule is CCOC(=O)C1=C(C)N=c2s/c(=C/c3ccc(-c4ccccc4[N+](=O)[O-])o3)c(=O)n2[C@H]1c1ccccc1OC. The minimum Gasteiger partial charge on any atom is -0.496 e. The predicted molar refractivity (Wildman–Crippen MR) is 144 cm³/mol. The van der Waals surface area contributed by atoms with E-state index in [4.69, 9.17) is 13.9 Å². The number of aromatic nitrogens is 1. The van der Waals surface area contributed by atoms with E-state index in [0.717, 1.165) is 11.3 Å². The summed E-state index contributed by atoms with van der Waals surface area (Å²) in [6, 6.07) is 15.9. The topological polar surface area (TPSA) is 126 Å². The molecule has 0 amide bonds. The number of methoxy groups -OCH3 is 1. The van der Waals surface area contributed by atoms with Crippen LogP contribution in [0.2, 0.25) is 0 Å². The van der Waals surface area contributed by atoms with Crippen molar-refractivity contribution in [2.24, 2.45) is 4.99 Å². The van der Waals surface area contributed by atoms with Crippen molar-refractivity contribution in [2.45, 2.75) is 19.9 Å². The molecule has 0 spiro atoms. The normalized spacial score (nSPS) is 15.1. The summed E-state index contributed by atoms with van der Waals surface area (Å²) in [5.41, 5.74) is 1.16. The highest BCUT2D eigenvalue weighted by Crippen LogP contribution is 2.36. The van der Waals surface area contributed by atoms with Crippen LogP contribution in [-0.4, -0.2) is 29.2 Å². The van der Waals surface area contributed by atoms with Crippen molar-refractivity contribution in [1.82, 2.24) is 4.57 Å². The van der Waals surface area contributed by atoms with Gasteiger partial charge in [-0.25, -0.2) is 9.79 Å². The molecule has 11 heteroatoms. The lowest BCUT2D eigenvalue weighted by Crippen LogP contribution is -2.40. The molecule has 0 bridgehead atoms. The molecule has 39 heavy (non-hydrogen) atoms. The molecule has 5 rings (SSSR count). The number of carbonyl (C=O) groups excluding carboxylic acids is 1. The number of nitrogens with zero attached hydrogens (tertiary/aromatic N) is 3. The van der Waals surface area contributed by atoms with Crippen molar-refractivity contribution in [1.29, 1.82) is 0 Å². The first kappa shape index (κ1) is 25.9. The highest BCUT2D eigenvalue weighted by atomic mass is 32.1. The van der Waals surface area contributed by atoms with Gasteiger partial charge in [0.25, 0.3) is 11.2 Å². The highest BCUT2D eigenvalue weighted by molar-refractivity contribution is 7.07. The molecular formula is C28H23N3O7S. The second kappa shape index (κ2) is 10.5. The average molecular weight is 546 g/mol. The number of thiazole rings is 1. The maximum Gasteiger partial charge on any atom is 0.338 e. The third-order valence-corrected chi connectivity index (χ3v) is 7.20. The summed E-state index contributed by atoms with van der Waals surface area (Å²) >= 11 is 1.15. The van der Waals surface area contributed by atoms with Gasteiger partial charge in [0.1, 0.15) is 23.3 Å². The molecule has 0 unspecified atom stereocenters. The monoisotopic (exact) mass is 545 g/mol. The first-order valence-corrected chi connectivity index (χ1v) is 12.8. The number of ether oxygens (including phenoxy) is 2. The molecule has 3 heterocycles. The van der Waals surface area contributed by atoms with E-state index in [9.17, 15) is 19.7 Å². The van der Waals surface area contributed by atoms with E-state index >= 15 is 0 Å². The summed E-state index contributed by atoms with van der Waals surface area (Å²) in [4.78, 5) is 42.8. The summed E-state index contributed by atoms with van der Waals surface area (Å²) in [5.74, 6) is 0.579. The number of nitro benzene ring substituents is 1. The van der Waals surface area contributed by atoms with E-state index in [1.807, 2.05) is 0 Å². The summed E-state index contributed by atoms with van der Waals surface area (Å²) in [6.07, 6.45) is 1.56. The molecule has 0 aliphatic carbocycles. The molecule has 2 aromatic carbocycles. The Bertz CT molecular complexity index is 1810. The molecule has 0 radical (unpaired) electrons. The number of carbonyl (C=O) groups is 1. The Kier molecular flexibility index (Phi) is 6.99. The number of fused-ring (bicyclic) bond motifs is 1. The van der Waals surface area contributed by atoms with Crippen LogP contribution in [0.3, 0.4) is 0 Å². The second-order valence-corrected chi connectivity index (χ2v) is 9.53. The molecule has 1 aliphatic heterocycles. The number of hydrogen-bond acceptors (Lipinski definition) is 9. The zero-order chi connectivity index (χ0) is 27.7. The Morgan fingerprint density at radius 1 is 1.18 bits per heavy atom. The van der Waals surface area contributed by atoms with Gasteiger partial charge in [0.15, 0.2) is 4.80 Å². The van der Waals surface area contributed by atoms with E-state index in [-0.39, 0.29) is 23.4 Å². The maximum atomic E-state index is 13.8. The fourth-order valence-corrected chi connectivity index (χ4v) is 5.55. The molecule has 0 N–H and O–H groups in total. The standard InChI is InChI=1S/C28H23N3O7S/c1-4-37-27(33)24-16(2)29-28-30(25(24)19-10-6-8-12-21(19)36-3)26(32)23(39-28)15-17-13-14-22(38-17)18-9-5-7-11-20(18)31(34)35/h5-15,25H,4H2,1-3H3/b23-15+/t25-/m0/s1. The summed E-state index contributed by atoms with van der Waals surface area (Å²) in [6.45, 7) is 3.58. The molecule has 0 fully saturated rings. The smallest absolute Gasteiger partial charge is 0.338 e. The lowest BCUT2D eigenvalue weighted by Gasteiger charge is -2.25. The fraction of sp³-hybridized carbons (Fsp3) is 0.179. The number of esters is 1. The zero-order valence-corrected chi connectivity index (χ0v) is 22.1. The summed E-state index contributed by atoms with van der Waals surface area (Å²) < 4.78 is 18.5. The van der Waals surface area contributed by atoms with E-state index in [1.54, 1.807) is 74.5 Å². The van der Waals surface area contributed by atoms with Gasteiger partial charge < -0.3 is 13.9 Å². The number of para-hydroxylation sites is 2. The van der Waals surface area contributed by atoms with Gasteiger partial charge in [-0.2, -0.15) is 0 Å². The first-order chi connectivity index (χ1) is 18.8. The Morgan fingerprint density at radius 3 is 2.67 bits per heavy atom. The number of hydrogen-bond donors (Lipinski definition) is 0. The van der Waals surface area contributed by atoms with Gasteiger partial charge in [0.05, 0.1) is 40.0 Å². The van der Waals surface area contributed by atoms with Crippen molar-refractivity contribution >= 4 is 29.1 Å². The Hall–Kier alpha value is -4.77. The van der Waals surface area contributed by atoms with Gasteiger partial charge in [0, 0.05) is 17.7 Å². The van der Waals surface area contributed by atoms with Crippen molar-refractivity contribution in [3.63, 3.8) is 0 Å². The van der Waals surface area contributed by atoms with Crippen LogP contribution < -0.4 is 19.6 Å². The van der Waals surface area contributed by atoms with E-state index in [0.29, 0.717) is 43.4 Å². The number of benzene rings is 2. The largest absolute Gasteiger partial charge is 0.496 e. The van der Waals surface area contributed by atoms with Gasteiger partial charge >= 0.3 is 5.97 Å². The molecule has 0 saturated carbocycles. The first-order valence-electron chi connectivity index (χ1n) is 12.0. The van der Waals surface area contributed by atoms with Crippen LogP contribution in [-0.2, 0) is 9.53 Å². The molecular weight excluding hydrogens is 522 g/mol. The van der Waals surface area contributed by atoms with Gasteiger partial charge in [-0.15, -0.1) is 0 Å². The predicted octanol–water partition coefficient (Wildman–Crippen LogP) is 3.98. The van der Waals surface area contributed by atoms with Crippen molar-refractivity contribution in [3.8, 4) is 17.1 Å². The van der Waals surface area contributed by atoms with Crippen LogP contribution in [0.25, 0.3) is 17.4 Å². The zero-order valence-electron chi connectivity index (χ0n) is 21.2. The number of allylic oxidation sites excluding steroid dienone is 1. The van der Waals surface area contributed by atoms with Gasteiger partial charge in [-0.3, -0.25) is 19.5 Å². The molecule has 10 nitrogen and oxygen atoms in total. The fourth-order valence-electron chi connectivity index (χ4n) is 4.52. The minimum absolute atomic E-state index is 0.0865. The number of nitro groups is 1. The molecule has 2 aromatic heterocycles. The number of furan rings is 1. The van der Waals surface area contributed by atoms with E-state index < -0.39 is 16.9 Å². The summed E-state index contributed by atoms with van der Waals surface area (Å²) in [5, 5.41) is 11.4. The van der Waals surface area contributed by atoms with Gasteiger partial charge in [-0.1, -0.05) is 41.7 Å². The van der Waals surface area contributed by atoms with Crippen LogP contribution in [0.5, 0.6) is 5.75 Å². The summed E-state index contributed by atoms with van der Waals surface area (Å²) in [7, 11) is 1.52. The van der Waals surface area contributed by atoms with E-state index in [2.05, 4.69) is 4.99 Å². The van der Waals surface area contributed by atoms with Crippen molar-refractivity contribution in [2.75, 3.05) is 13.7 Å². The van der Waals surface area contributed by atoms with Crippen LogP contribution in [0.4, 0.5) is 5.69 Å². The van der Waals surface area contributed by atoms with Crippen molar-refractivity contribution < 1.29 is 23.6 Å². The Balaban J connectivity index is 1.66. The van der Waals surface area contributed by atoms with Gasteiger partial charge in [-0.05, 0) is 38.1 Å². The van der Waals surface area contributed by atoms with Gasteiger partial charge in [0.2, 0.25) is 0 Å². The minimum atomic E-state index is -0.822. The van der Waals surface area contributed by atoms with Crippen LogP contribution in [0.15, 0.2) is 86.1 Å². The number of rotatable bonds is 7. The third-order valence-electron chi connectivity index (χ3n) is 6.22. The molecule has 4 aromatic rings. The maximum absolute atomic E-state index is 13.8. The van der Waals surface area contributed by atoms with Crippen LogP contribution >= 0.6 is 11.3 Å². The Labute approximate surface area is 225 Å².